The van der Waals surface area contributed by atoms with Crippen molar-refractivity contribution in [3.63, 3.8) is 0 Å². The Morgan fingerprint density at radius 2 is 2.04 bits per heavy atom. The van der Waals surface area contributed by atoms with Crippen LogP contribution in [0.4, 0.5) is 5.69 Å². The van der Waals surface area contributed by atoms with Crippen LogP contribution in [0.15, 0.2) is 54.2 Å². The number of nitriles is 1. The number of carbonyl (C=O) groups excluding carboxylic acids is 1. The van der Waals surface area contributed by atoms with Crippen LogP contribution in [0.5, 0.6) is 11.5 Å². The number of benzene rings is 2. The molecule has 0 spiro atoms. The lowest BCUT2D eigenvalue weighted by Gasteiger charge is -2.26. The van der Waals surface area contributed by atoms with Crippen LogP contribution < -0.4 is 20.1 Å². The minimum Gasteiger partial charge on any atom is -0.486 e. The van der Waals surface area contributed by atoms with Crippen LogP contribution in [0.2, 0.25) is 0 Å². The van der Waals surface area contributed by atoms with Gasteiger partial charge in [-0.05, 0) is 37.6 Å². The monoisotopic (exact) mass is 363 g/mol. The van der Waals surface area contributed by atoms with Crippen LogP contribution >= 0.6 is 0 Å². The average Bonchev–Trinajstić information content (AvgIpc) is 2.67. The Hall–Kier alpha value is -3.46. The van der Waals surface area contributed by atoms with E-state index in [1.165, 1.54) is 6.20 Å². The number of nitrogens with zero attached hydrogens (tertiary/aromatic N) is 1. The van der Waals surface area contributed by atoms with Crippen molar-refractivity contribution in [2.45, 2.75) is 20.0 Å². The summed E-state index contributed by atoms with van der Waals surface area (Å²) >= 11 is 0. The first kappa shape index (κ1) is 18.3. The summed E-state index contributed by atoms with van der Waals surface area (Å²) in [6, 6.07) is 15.1. The van der Waals surface area contributed by atoms with Crippen molar-refractivity contribution in [2.24, 2.45) is 0 Å². The fraction of sp³-hybridized carbons (Fsp3) is 0.238. The van der Waals surface area contributed by atoms with Gasteiger partial charge in [0.05, 0.1) is 6.54 Å². The van der Waals surface area contributed by atoms with E-state index < -0.39 is 5.91 Å². The number of hydrogen-bond donors (Lipinski definition) is 2. The second-order valence-electron chi connectivity index (χ2n) is 6.35. The van der Waals surface area contributed by atoms with Crippen LogP contribution in [0.25, 0.3) is 0 Å². The number of nitrogens with one attached hydrogen (secondary N) is 2. The average molecular weight is 363 g/mol. The molecule has 2 aromatic carbocycles. The lowest BCUT2D eigenvalue weighted by Crippen LogP contribution is -2.37. The number of ether oxygens (including phenoxy) is 2. The SMILES string of the molecule is Cc1ccc(NC(=O)/C(C#N)=C\NCC2COc3ccccc3O2)c(C)c1. The second-order valence-corrected chi connectivity index (χ2v) is 6.35. The van der Waals surface area contributed by atoms with E-state index in [0.717, 1.165) is 16.9 Å². The molecular formula is C21H21N3O3. The highest BCUT2D eigenvalue weighted by atomic mass is 16.6. The summed E-state index contributed by atoms with van der Waals surface area (Å²) in [5, 5.41) is 15.0. The van der Waals surface area contributed by atoms with E-state index in [-0.39, 0.29) is 11.7 Å². The molecule has 27 heavy (non-hydrogen) atoms. The van der Waals surface area contributed by atoms with Crippen molar-refractivity contribution in [1.29, 1.82) is 5.26 Å². The Morgan fingerprint density at radius 3 is 2.78 bits per heavy atom. The number of anilines is 1. The van der Waals surface area contributed by atoms with Crippen LogP contribution in [0.1, 0.15) is 11.1 Å². The summed E-state index contributed by atoms with van der Waals surface area (Å²) in [7, 11) is 0. The maximum atomic E-state index is 12.3. The van der Waals surface area contributed by atoms with E-state index in [1.54, 1.807) is 0 Å². The number of amides is 1. The molecule has 1 aliphatic heterocycles. The van der Waals surface area contributed by atoms with Gasteiger partial charge in [-0.2, -0.15) is 5.26 Å². The zero-order valence-corrected chi connectivity index (χ0v) is 15.3. The fourth-order valence-electron chi connectivity index (χ4n) is 2.75. The van der Waals surface area contributed by atoms with Crippen molar-refractivity contribution in [2.75, 3.05) is 18.5 Å². The highest BCUT2D eigenvalue weighted by Crippen LogP contribution is 2.30. The third kappa shape index (κ3) is 4.59. The minimum absolute atomic E-state index is 0.00731. The lowest BCUT2D eigenvalue weighted by atomic mass is 10.1. The predicted octanol–water partition coefficient (Wildman–Crippen LogP) is 3.08. The number of rotatable bonds is 5. The Labute approximate surface area is 158 Å². The van der Waals surface area contributed by atoms with Gasteiger partial charge in [0, 0.05) is 11.9 Å². The first-order valence-electron chi connectivity index (χ1n) is 8.67. The molecule has 1 atom stereocenters. The van der Waals surface area contributed by atoms with E-state index in [4.69, 9.17) is 9.47 Å². The molecule has 0 aromatic heterocycles. The number of para-hydroxylation sites is 2. The van der Waals surface area contributed by atoms with Gasteiger partial charge in [-0.25, -0.2) is 0 Å². The highest BCUT2D eigenvalue weighted by Gasteiger charge is 2.20. The Bertz CT molecular complexity index is 915. The number of fused-ring (bicyclic) bond motifs is 1. The Balaban J connectivity index is 1.57. The predicted molar refractivity (Wildman–Crippen MR) is 103 cm³/mol. The topological polar surface area (TPSA) is 83.4 Å². The minimum atomic E-state index is -0.455. The van der Waals surface area contributed by atoms with Crippen LogP contribution in [0, 0.1) is 25.2 Å². The molecule has 1 amide bonds. The second kappa shape index (κ2) is 8.28. The summed E-state index contributed by atoms with van der Waals surface area (Å²) in [6.45, 7) is 4.71. The smallest absolute Gasteiger partial charge is 0.267 e. The number of aryl methyl sites for hydroxylation is 2. The van der Waals surface area contributed by atoms with Crippen LogP contribution in [0.3, 0.4) is 0 Å². The Morgan fingerprint density at radius 1 is 1.26 bits per heavy atom. The van der Waals surface area contributed by atoms with E-state index in [0.29, 0.717) is 24.6 Å². The third-order valence-electron chi connectivity index (χ3n) is 4.15. The summed E-state index contributed by atoms with van der Waals surface area (Å²) in [5.41, 5.74) is 2.74. The van der Waals surface area contributed by atoms with Crippen LogP contribution in [-0.4, -0.2) is 25.2 Å². The molecule has 0 saturated carbocycles. The lowest BCUT2D eigenvalue weighted by molar-refractivity contribution is -0.112. The summed E-state index contributed by atoms with van der Waals surface area (Å²) in [6.07, 6.45) is 1.20. The summed E-state index contributed by atoms with van der Waals surface area (Å²) in [5.74, 6) is 0.950. The molecule has 0 radical (unpaired) electrons. The van der Waals surface area contributed by atoms with Gasteiger partial charge in [0.2, 0.25) is 0 Å². The quantitative estimate of drug-likeness (QED) is 0.630. The molecule has 0 aliphatic carbocycles. The summed E-state index contributed by atoms with van der Waals surface area (Å²) in [4.78, 5) is 12.3. The molecule has 0 fully saturated rings. The molecule has 0 bridgehead atoms. The molecule has 138 valence electrons. The van der Waals surface area contributed by atoms with E-state index >= 15 is 0 Å². The van der Waals surface area contributed by atoms with Crippen molar-refractivity contribution in [1.82, 2.24) is 5.32 Å². The van der Waals surface area contributed by atoms with Gasteiger partial charge in [-0.3, -0.25) is 4.79 Å². The van der Waals surface area contributed by atoms with Gasteiger partial charge in [0.1, 0.15) is 24.4 Å². The molecule has 1 aliphatic rings. The zero-order chi connectivity index (χ0) is 19.2. The van der Waals surface area contributed by atoms with Gasteiger partial charge in [0.25, 0.3) is 5.91 Å². The van der Waals surface area contributed by atoms with Gasteiger partial charge in [0.15, 0.2) is 11.5 Å². The standard InChI is InChI=1S/C21H21N3O3/c1-14-7-8-18(15(2)9-14)24-21(25)16(10-22)11-23-12-17-13-26-19-5-3-4-6-20(19)27-17/h3-9,11,17,23H,12-13H2,1-2H3,(H,24,25)/b16-11-. The largest absolute Gasteiger partial charge is 0.486 e. The van der Waals surface area contributed by atoms with Crippen molar-refractivity contribution in [3.05, 3.63) is 65.4 Å². The maximum absolute atomic E-state index is 12.3. The van der Waals surface area contributed by atoms with Crippen molar-refractivity contribution in [3.8, 4) is 17.6 Å². The zero-order valence-electron chi connectivity index (χ0n) is 15.3. The first-order valence-corrected chi connectivity index (χ1v) is 8.67. The molecule has 6 nitrogen and oxygen atoms in total. The molecule has 2 aromatic rings. The van der Waals surface area contributed by atoms with Gasteiger partial charge < -0.3 is 20.1 Å². The van der Waals surface area contributed by atoms with Crippen molar-refractivity contribution < 1.29 is 14.3 Å². The number of hydrogen-bond acceptors (Lipinski definition) is 5. The summed E-state index contributed by atoms with van der Waals surface area (Å²) < 4.78 is 11.5. The molecule has 2 N–H and O–H groups in total. The van der Waals surface area contributed by atoms with E-state index in [9.17, 15) is 10.1 Å². The van der Waals surface area contributed by atoms with Gasteiger partial charge in [-0.15, -0.1) is 0 Å². The van der Waals surface area contributed by atoms with E-state index in [1.807, 2.05) is 62.4 Å². The van der Waals surface area contributed by atoms with Crippen LogP contribution in [-0.2, 0) is 4.79 Å². The highest BCUT2D eigenvalue weighted by molar-refractivity contribution is 6.06. The molecule has 1 heterocycles. The molecular weight excluding hydrogens is 342 g/mol. The van der Waals surface area contributed by atoms with E-state index in [2.05, 4.69) is 10.6 Å². The molecule has 3 rings (SSSR count). The molecule has 0 saturated heterocycles. The Kier molecular flexibility index (Phi) is 5.62. The van der Waals surface area contributed by atoms with Gasteiger partial charge in [-0.1, -0.05) is 29.8 Å². The fourth-order valence-corrected chi connectivity index (χ4v) is 2.75. The maximum Gasteiger partial charge on any atom is 0.267 e. The normalized spacial score (nSPS) is 15.6. The first-order chi connectivity index (χ1) is 13.1. The molecule has 6 heteroatoms. The third-order valence-corrected chi connectivity index (χ3v) is 4.15. The number of carbonyl (C=O) groups is 1. The van der Waals surface area contributed by atoms with Gasteiger partial charge >= 0.3 is 0 Å². The van der Waals surface area contributed by atoms with Crippen molar-refractivity contribution >= 4 is 11.6 Å². The molecule has 1 unspecified atom stereocenters.